The number of alkyl halides is 1. The average Bonchev–Trinajstić information content (AvgIpc) is 2.68. The summed E-state index contributed by atoms with van der Waals surface area (Å²) in [5.74, 6) is 0.677. The van der Waals surface area contributed by atoms with Crippen LogP contribution in [0.1, 0.15) is 32.6 Å². The van der Waals surface area contributed by atoms with Crippen molar-refractivity contribution < 1.29 is 4.74 Å². The van der Waals surface area contributed by atoms with Gasteiger partial charge in [-0.15, -0.1) is 11.6 Å². The molecule has 0 aliphatic carbocycles. The van der Waals surface area contributed by atoms with Gasteiger partial charge in [0.2, 0.25) is 0 Å². The number of epoxide rings is 1. The fourth-order valence-electron chi connectivity index (χ4n) is 1.16. The van der Waals surface area contributed by atoms with Gasteiger partial charge in [-0.05, 0) is 6.42 Å². The smallest absolute Gasteiger partial charge is 0.0976 e. The normalized spacial score (nSPS) is 30.6. The number of unbranched alkanes of at least 4 members (excludes halogenated alkanes) is 2. The molecule has 1 aliphatic heterocycles. The molecule has 0 unspecified atom stereocenters. The summed E-state index contributed by atoms with van der Waals surface area (Å²) in [6.07, 6.45) is 6.02. The Balaban J connectivity index is 1.87. The van der Waals surface area contributed by atoms with Gasteiger partial charge in [-0.2, -0.15) is 0 Å². The fourth-order valence-corrected chi connectivity index (χ4v) is 1.44. The highest BCUT2D eigenvalue weighted by Gasteiger charge is 2.36. The first-order valence-corrected chi connectivity index (χ1v) is 4.63. The Bertz CT molecular complexity index is 95.3. The SMILES string of the molecule is CCCCC[C@H]1O[C@@H]1CCl. The van der Waals surface area contributed by atoms with Crippen LogP contribution in [0.25, 0.3) is 0 Å². The van der Waals surface area contributed by atoms with Crippen LogP contribution in [-0.2, 0) is 4.74 Å². The Morgan fingerprint density at radius 1 is 1.30 bits per heavy atom. The summed E-state index contributed by atoms with van der Waals surface area (Å²) in [5.41, 5.74) is 0. The van der Waals surface area contributed by atoms with E-state index in [-0.39, 0.29) is 0 Å². The van der Waals surface area contributed by atoms with Crippen molar-refractivity contribution in [3.05, 3.63) is 0 Å². The zero-order valence-corrected chi connectivity index (χ0v) is 7.23. The molecule has 1 nitrogen and oxygen atoms in total. The van der Waals surface area contributed by atoms with E-state index in [1.165, 1.54) is 25.7 Å². The molecule has 0 aromatic heterocycles. The third kappa shape index (κ3) is 2.47. The molecule has 0 saturated carbocycles. The van der Waals surface area contributed by atoms with Crippen molar-refractivity contribution >= 4 is 11.6 Å². The van der Waals surface area contributed by atoms with Gasteiger partial charge in [0.25, 0.3) is 0 Å². The van der Waals surface area contributed by atoms with Crippen molar-refractivity contribution in [3.8, 4) is 0 Å². The molecule has 0 radical (unpaired) electrons. The highest BCUT2D eigenvalue weighted by Crippen LogP contribution is 2.27. The molecule has 0 spiro atoms. The molecular formula is C8H15ClO. The monoisotopic (exact) mass is 162 g/mol. The van der Waals surface area contributed by atoms with E-state index in [1.54, 1.807) is 0 Å². The van der Waals surface area contributed by atoms with E-state index >= 15 is 0 Å². The Hall–Kier alpha value is 0.250. The van der Waals surface area contributed by atoms with Crippen molar-refractivity contribution in [2.45, 2.75) is 44.8 Å². The lowest BCUT2D eigenvalue weighted by Gasteiger charge is -1.92. The Labute approximate surface area is 67.7 Å². The molecule has 1 fully saturated rings. The van der Waals surface area contributed by atoms with Crippen LogP contribution in [-0.4, -0.2) is 18.1 Å². The Kier molecular flexibility index (Phi) is 3.50. The molecule has 0 amide bonds. The molecule has 1 rings (SSSR count). The minimum atomic E-state index is 0.388. The summed E-state index contributed by atoms with van der Waals surface area (Å²) in [6, 6.07) is 0. The molecule has 1 heterocycles. The number of hydrogen-bond donors (Lipinski definition) is 0. The van der Waals surface area contributed by atoms with Crippen molar-refractivity contribution in [1.82, 2.24) is 0 Å². The van der Waals surface area contributed by atoms with Crippen molar-refractivity contribution in [2.75, 3.05) is 5.88 Å². The average molecular weight is 163 g/mol. The number of halogens is 1. The van der Waals surface area contributed by atoms with Crippen LogP contribution >= 0.6 is 11.6 Å². The van der Waals surface area contributed by atoms with Gasteiger partial charge >= 0.3 is 0 Å². The molecule has 1 aliphatic rings. The predicted molar refractivity (Wildman–Crippen MR) is 43.5 cm³/mol. The van der Waals surface area contributed by atoms with Gasteiger partial charge in [0.15, 0.2) is 0 Å². The zero-order chi connectivity index (χ0) is 7.40. The Morgan fingerprint density at radius 3 is 2.60 bits per heavy atom. The van der Waals surface area contributed by atoms with Crippen molar-refractivity contribution in [1.29, 1.82) is 0 Å². The lowest BCUT2D eigenvalue weighted by Crippen LogP contribution is -1.94. The molecule has 0 N–H and O–H groups in total. The van der Waals surface area contributed by atoms with Crippen LogP contribution in [0.4, 0.5) is 0 Å². The van der Waals surface area contributed by atoms with Gasteiger partial charge in [-0.3, -0.25) is 0 Å². The lowest BCUT2D eigenvalue weighted by molar-refractivity contribution is 0.366. The van der Waals surface area contributed by atoms with Gasteiger partial charge in [0, 0.05) is 0 Å². The molecule has 10 heavy (non-hydrogen) atoms. The third-order valence-electron chi connectivity index (χ3n) is 1.93. The maximum absolute atomic E-state index is 5.58. The number of hydrogen-bond acceptors (Lipinski definition) is 1. The molecule has 2 heteroatoms. The fraction of sp³-hybridized carbons (Fsp3) is 1.00. The van der Waals surface area contributed by atoms with Gasteiger partial charge in [0.1, 0.15) is 0 Å². The minimum absolute atomic E-state index is 0.388. The maximum Gasteiger partial charge on any atom is 0.0976 e. The zero-order valence-electron chi connectivity index (χ0n) is 6.48. The van der Waals surface area contributed by atoms with Gasteiger partial charge in [-0.1, -0.05) is 26.2 Å². The summed E-state index contributed by atoms with van der Waals surface area (Å²) in [6.45, 7) is 2.22. The maximum atomic E-state index is 5.58. The highest BCUT2D eigenvalue weighted by atomic mass is 35.5. The summed E-state index contributed by atoms with van der Waals surface area (Å²) in [4.78, 5) is 0. The summed E-state index contributed by atoms with van der Waals surface area (Å²) < 4.78 is 5.28. The first-order chi connectivity index (χ1) is 4.88. The molecule has 0 aromatic carbocycles. The molecule has 1 saturated heterocycles. The van der Waals surface area contributed by atoms with E-state index < -0.39 is 0 Å². The van der Waals surface area contributed by atoms with E-state index in [4.69, 9.17) is 16.3 Å². The molecule has 2 atom stereocenters. The second-order valence-corrected chi connectivity index (χ2v) is 3.17. The van der Waals surface area contributed by atoms with E-state index in [1.807, 2.05) is 0 Å². The summed E-state index contributed by atoms with van der Waals surface area (Å²) in [7, 11) is 0. The van der Waals surface area contributed by atoms with Crippen LogP contribution in [0.3, 0.4) is 0 Å². The van der Waals surface area contributed by atoms with Crippen LogP contribution in [0.5, 0.6) is 0 Å². The molecule has 0 aromatic rings. The number of rotatable bonds is 5. The second kappa shape index (κ2) is 4.20. The van der Waals surface area contributed by atoms with E-state index in [2.05, 4.69) is 6.92 Å². The minimum Gasteiger partial charge on any atom is -0.368 e. The van der Waals surface area contributed by atoms with Crippen molar-refractivity contribution in [2.24, 2.45) is 0 Å². The highest BCUT2D eigenvalue weighted by molar-refractivity contribution is 6.18. The van der Waals surface area contributed by atoms with Crippen LogP contribution in [0.2, 0.25) is 0 Å². The summed E-state index contributed by atoms with van der Waals surface area (Å²) in [5, 5.41) is 0. The van der Waals surface area contributed by atoms with Crippen LogP contribution in [0, 0.1) is 0 Å². The Morgan fingerprint density at radius 2 is 2.10 bits per heavy atom. The molecule has 0 bridgehead atoms. The van der Waals surface area contributed by atoms with Gasteiger partial charge in [0.05, 0.1) is 18.1 Å². The quantitative estimate of drug-likeness (QED) is 0.344. The topological polar surface area (TPSA) is 12.5 Å². The first-order valence-electron chi connectivity index (χ1n) is 4.10. The van der Waals surface area contributed by atoms with Crippen LogP contribution < -0.4 is 0 Å². The van der Waals surface area contributed by atoms with Gasteiger partial charge < -0.3 is 4.74 Å². The molecule has 60 valence electrons. The van der Waals surface area contributed by atoms with E-state index in [0.717, 1.165) is 0 Å². The van der Waals surface area contributed by atoms with Crippen molar-refractivity contribution in [3.63, 3.8) is 0 Å². The van der Waals surface area contributed by atoms with E-state index in [9.17, 15) is 0 Å². The predicted octanol–water partition coefficient (Wildman–Crippen LogP) is 2.57. The van der Waals surface area contributed by atoms with E-state index in [0.29, 0.717) is 18.1 Å². The first kappa shape index (κ1) is 8.35. The second-order valence-electron chi connectivity index (χ2n) is 2.86. The van der Waals surface area contributed by atoms with Gasteiger partial charge in [-0.25, -0.2) is 0 Å². The largest absolute Gasteiger partial charge is 0.368 e. The lowest BCUT2D eigenvalue weighted by atomic mass is 10.1. The molecular weight excluding hydrogens is 148 g/mol. The van der Waals surface area contributed by atoms with Crippen LogP contribution in [0.15, 0.2) is 0 Å². The number of ether oxygens (including phenoxy) is 1. The standard InChI is InChI=1S/C8H15ClO/c1-2-3-4-5-7-8(6-9)10-7/h7-8H,2-6H2,1H3/t7-,8-/m1/s1. The third-order valence-corrected chi connectivity index (χ3v) is 2.24. The summed E-state index contributed by atoms with van der Waals surface area (Å²) >= 11 is 5.58.